The molecule has 3 heteroatoms. The lowest BCUT2D eigenvalue weighted by Gasteiger charge is -1.95. The Morgan fingerprint density at radius 2 is 2.06 bits per heavy atom. The number of benzene rings is 1. The SMILES string of the molecule is O=C(/C=C/C=C/c1ccco1)c1cccc(Br)c1. The molecule has 0 aliphatic rings. The smallest absolute Gasteiger partial charge is 0.185 e. The van der Waals surface area contributed by atoms with E-state index >= 15 is 0 Å². The number of furan rings is 1. The van der Waals surface area contributed by atoms with Crippen molar-refractivity contribution >= 4 is 27.8 Å². The van der Waals surface area contributed by atoms with Crippen LogP contribution in [-0.2, 0) is 0 Å². The normalized spacial score (nSPS) is 11.4. The molecule has 0 fully saturated rings. The average molecular weight is 303 g/mol. The second-order valence-electron chi connectivity index (χ2n) is 3.61. The van der Waals surface area contributed by atoms with Gasteiger partial charge in [-0.1, -0.05) is 40.2 Å². The molecule has 0 aliphatic heterocycles. The first-order valence-corrected chi connectivity index (χ1v) is 6.23. The molecule has 0 N–H and O–H groups in total. The molecule has 0 spiro atoms. The maximum Gasteiger partial charge on any atom is 0.185 e. The highest BCUT2D eigenvalue weighted by atomic mass is 79.9. The van der Waals surface area contributed by atoms with E-state index in [0.29, 0.717) is 5.56 Å². The van der Waals surface area contributed by atoms with Crippen molar-refractivity contribution in [2.24, 2.45) is 0 Å². The van der Waals surface area contributed by atoms with Crippen molar-refractivity contribution < 1.29 is 9.21 Å². The molecule has 0 aliphatic carbocycles. The van der Waals surface area contributed by atoms with Crippen LogP contribution in [0.15, 0.2) is 69.8 Å². The highest BCUT2D eigenvalue weighted by Crippen LogP contribution is 2.12. The van der Waals surface area contributed by atoms with E-state index in [-0.39, 0.29) is 5.78 Å². The quantitative estimate of drug-likeness (QED) is 0.473. The summed E-state index contributed by atoms with van der Waals surface area (Å²) in [6.07, 6.45) is 8.41. The molecule has 18 heavy (non-hydrogen) atoms. The van der Waals surface area contributed by atoms with E-state index in [1.165, 1.54) is 6.08 Å². The average Bonchev–Trinajstić information content (AvgIpc) is 2.87. The van der Waals surface area contributed by atoms with Gasteiger partial charge in [0.05, 0.1) is 6.26 Å². The highest BCUT2D eigenvalue weighted by molar-refractivity contribution is 9.10. The summed E-state index contributed by atoms with van der Waals surface area (Å²) in [5, 5.41) is 0. The van der Waals surface area contributed by atoms with E-state index in [1.54, 1.807) is 36.6 Å². The Hall–Kier alpha value is -1.87. The lowest BCUT2D eigenvalue weighted by Crippen LogP contribution is -1.92. The van der Waals surface area contributed by atoms with Gasteiger partial charge in [0.15, 0.2) is 5.78 Å². The number of carbonyl (C=O) groups excluding carboxylic acids is 1. The first-order valence-electron chi connectivity index (χ1n) is 5.44. The summed E-state index contributed by atoms with van der Waals surface area (Å²) in [4.78, 5) is 11.8. The lowest BCUT2D eigenvalue weighted by molar-refractivity contribution is 0.104. The third kappa shape index (κ3) is 3.57. The number of allylic oxidation sites excluding steroid dienone is 3. The van der Waals surface area contributed by atoms with Crippen molar-refractivity contribution in [2.75, 3.05) is 0 Å². The van der Waals surface area contributed by atoms with Crippen LogP contribution in [0, 0.1) is 0 Å². The van der Waals surface area contributed by atoms with Crippen molar-refractivity contribution in [1.82, 2.24) is 0 Å². The summed E-state index contributed by atoms with van der Waals surface area (Å²) in [7, 11) is 0. The summed E-state index contributed by atoms with van der Waals surface area (Å²) in [6.45, 7) is 0. The highest BCUT2D eigenvalue weighted by Gasteiger charge is 2.00. The molecule has 0 amide bonds. The molecule has 0 unspecified atom stereocenters. The van der Waals surface area contributed by atoms with E-state index in [0.717, 1.165) is 10.2 Å². The van der Waals surface area contributed by atoms with Gasteiger partial charge in [-0.25, -0.2) is 0 Å². The maximum atomic E-state index is 11.8. The van der Waals surface area contributed by atoms with Gasteiger partial charge in [0.25, 0.3) is 0 Å². The van der Waals surface area contributed by atoms with Crippen LogP contribution in [0.1, 0.15) is 16.1 Å². The van der Waals surface area contributed by atoms with Crippen LogP contribution in [0.3, 0.4) is 0 Å². The Kier molecular flexibility index (Phi) is 4.31. The van der Waals surface area contributed by atoms with E-state index in [4.69, 9.17) is 4.42 Å². The van der Waals surface area contributed by atoms with Gasteiger partial charge in [-0.3, -0.25) is 4.79 Å². The summed E-state index contributed by atoms with van der Waals surface area (Å²) >= 11 is 3.34. The molecule has 0 saturated heterocycles. The Morgan fingerprint density at radius 3 is 2.78 bits per heavy atom. The molecule has 0 bridgehead atoms. The second-order valence-corrected chi connectivity index (χ2v) is 4.52. The van der Waals surface area contributed by atoms with Crippen molar-refractivity contribution in [3.05, 3.63) is 76.7 Å². The molecular weight excluding hydrogens is 292 g/mol. The van der Waals surface area contributed by atoms with Crippen molar-refractivity contribution in [3.8, 4) is 0 Å². The molecule has 1 aromatic heterocycles. The monoisotopic (exact) mass is 302 g/mol. The Labute approximate surface area is 114 Å². The number of hydrogen-bond donors (Lipinski definition) is 0. The molecule has 2 nitrogen and oxygen atoms in total. The van der Waals surface area contributed by atoms with Crippen LogP contribution in [0.4, 0.5) is 0 Å². The standard InChI is InChI=1S/C15H11BrO2/c16-13-6-3-5-12(11-13)15(17)9-2-1-7-14-8-4-10-18-14/h1-11H/b7-1+,9-2+. The van der Waals surface area contributed by atoms with Gasteiger partial charge in [-0.2, -0.15) is 0 Å². The number of ketones is 1. The topological polar surface area (TPSA) is 30.2 Å². The van der Waals surface area contributed by atoms with Crippen molar-refractivity contribution in [1.29, 1.82) is 0 Å². The summed E-state index contributed by atoms with van der Waals surface area (Å²) in [5.74, 6) is 0.731. The maximum absolute atomic E-state index is 11.8. The van der Waals surface area contributed by atoms with Crippen LogP contribution in [-0.4, -0.2) is 5.78 Å². The van der Waals surface area contributed by atoms with Crippen LogP contribution in [0.5, 0.6) is 0 Å². The minimum Gasteiger partial charge on any atom is -0.465 e. The van der Waals surface area contributed by atoms with Crippen LogP contribution in [0.2, 0.25) is 0 Å². The zero-order valence-electron chi connectivity index (χ0n) is 9.55. The van der Waals surface area contributed by atoms with Gasteiger partial charge >= 0.3 is 0 Å². The van der Waals surface area contributed by atoms with Gasteiger partial charge in [0.1, 0.15) is 5.76 Å². The summed E-state index contributed by atoms with van der Waals surface area (Å²) in [5.41, 5.74) is 0.659. The minimum absolute atomic E-state index is 0.0274. The third-order valence-corrected chi connectivity index (χ3v) is 2.76. The zero-order chi connectivity index (χ0) is 12.8. The molecule has 0 atom stereocenters. The van der Waals surface area contributed by atoms with Gasteiger partial charge in [-0.05, 0) is 36.4 Å². The summed E-state index contributed by atoms with van der Waals surface area (Å²) in [6, 6.07) is 11.0. The molecule has 1 heterocycles. The van der Waals surface area contributed by atoms with Crippen molar-refractivity contribution in [3.63, 3.8) is 0 Å². The first-order chi connectivity index (χ1) is 8.75. The van der Waals surface area contributed by atoms with Gasteiger partial charge in [0.2, 0.25) is 0 Å². The molecular formula is C15H11BrO2. The second kappa shape index (κ2) is 6.17. The first kappa shape index (κ1) is 12.6. The van der Waals surface area contributed by atoms with E-state index < -0.39 is 0 Å². The summed E-state index contributed by atoms with van der Waals surface area (Å²) < 4.78 is 6.03. The van der Waals surface area contributed by atoms with Crippen LogP contribution >= 0.6 is 15.9 Å². The van der Waals surface area contributed by atoms with Gasteiger partial charge in [-0.15, -0.1) is 0 Å². The largest absolute Gasteiger partial charge is 0.465 e. The molecule has 0 saturated carbocycles. The van der Waals surface area contributed by atoms with Crippen molar-refractivity contribution in [2.45, 2.75) is 0 Å². The Morgan fingerprint density at radius 1 is 1.17 bits per heavy atom. The fourth-order valence-electron chi connectivity index (χ4n) is 1.42. The fraction of sp³-hybridized carbons (Fsp3) is 0. The van der Waals surface area contributed by atoms with E-state index in [1.807, 2.05) is 24.3 Å². The molecule has 2 aromatic rings. The predicted molar refractivity (Wildman–Crippen MR) is 75.4 cm³/mol. The number of hydrogen-bond acceptors (Lipinski definition) is 2. The molecule has 90 valence electrons. The molecule has 1 aromatic carbocycles. The van der Waals surface area contributed by atoms with Gasteiger partial charge < -0.3 is 4.42 Å². The third-order valence-electron chi connectivity index (χ3n) is 2.27. The Bertz CT molecular complexity index is 580. The van der Waals surface area contributed by atoms with E-state index in [9.17, 15) is 4.79 Å². The van der Waals surface area contributed by atoms with Gasteiger partial charge in [0, 0.05) is 10.0 Å². The lowest BCUT2D eigenvalue weighted by atomic mass is 10.1. The number of carbonyl (C=O) groups is 1. The molecule has 2 rings (SSSR count). The van der Waals surface area contributed by atoms with E-state index in [2.05, 4.69) is 15.9 Å². The minimum atomic E-state index is -0.0274. The Balaban J connectivity index is 1.99. The fourth-order valence-corrected chi connectivity index (χ4v) is 1.82. The van der Waals surface area contributed by atoms with Crippen LogP contribution in [0.25, 0.3) is 6.08 Å². The zero-order valence-corrected chi connectivity index (χ0v) is 11.1. The predicted octanol–water partition coefficient (Wildman–Crippen LogP) is 4.49. The molecule has 0 radical (unpaired) electrons. The van der Waals surface area contributed by atoms with Crippen LogP contribution < -0.4 is 0 Å². The number of rotatable bonds is 4. The number of halogens is 1.